The molecule has 0 radical (unpaired) electrons. The summed E-state index contributed by atoms with van der Waals surface area (Å²) in [6.45, 7) is 4.20. The van der Waals surface area contributed by atoms with Crippen LogP contribution < -0.4 is 0 Å². The number of benzene rings is 2. The van der Waals surface area contributed by atoms with Crippen LogP contribution in [0.15, 0.2) is 59.7 Å². The fourth-order valence-corrected chi connectivity index (χ4v) is 4.32. The van der Waals surface area contributed by atoms with Crippen LogP contribution in [0.4, 0.5) is 0 Å². The predicted octanol–water partition coefficient (Wildman–Crippen LogP) is 4.82. The average molecular weight is 343 g/mol. The molecule has 2 heterocycles. The topological polar surface area (TPSA) is 20.3 Å². The van der Waals surface area contributed by atoms with Crippen molar-refractivity contribution < 1.29 is 4.79 Å². The van der Waals surface area contributed by atoms with Gasteiger partial charge in [0.15, 0.2) is 5.78 Å². The van der Waals surface area contributed by atoms with Crippen molar-refractivity contribution >= 4 is 17.9 Å². The summed E-state index contributed by atoms with van der Waals surface area (Å²) >= 11 is 0. The van der Waals surface area contributed by atoms with Gasteiger partial charge in [0.25, 0.3) is 0 Å². The molecule has 2 fully saturated rings. The number of carbonyl (C=O) groups is 1. The highest BCUT2D eigenvalue weighted by molar-refractivity contribution is 6.16. The van der Waals surface area contributed by atoms with E-state index in [1.54, 1.807) is 0 Å². The molecule has 132 valence electrons. The van der Waals surface area contributed by atoms with E-state index in [0.29, 0.717) is 0 Å². The van der Waals surface area contributed by atoms with Gasteiger partial charge >= 0.3 is 0 Å². The first kappa shape index (κ1) is 17.0. The molecule has 0 aliphatic carbocycles. The molecule has 2 bridgehead atoms. The second kappa shape index (κ2) is 6.69. The zero-order chi connectivity index (χ0) is 18.3. The molecule has 0 N–H and O–H groups in total. The second-order valence-electron chi connectivity index (χ2n) is 7.52. The molecule has 0 amide bonds. The molecule has 2 nitrogen and oxygen atoms in total. The molecule has 2 atom stereocenters. The maximum atomic E-state index is 13.4. The summed E-state index contributed by atoms with van der Waals surface area (Å²) in [5, 5.41) is 0. The van der Waals surface area contributed by atoms with Crippen molar-refractivity contribution in [3.8, 4) is 0 Å². The van der Waals surface area contributed by atoms with Crippen molar-refractivity contribution in [2.24, 2.45) is 0 Å². The summed E-state index contributed by atoms with van der Waals surface area (Å²) in [4.78, 5) is 15.8. The largest absolute Gasteiger partial charge is 0.292 e. The Morgan fingerprint density at radius 2 is 1.23 bits per heavy atom. The van der Waals surface area contributed by atoms with Gasteiger partial charge in [0.1, 0.15) is 0 Å². The molecule has 26 heavy (non-hydrogen) atoms. The Bertz CT molecular complexity index is 848. The molecule has 0 unspecified atom stereocenters. The molecule has 4 rings (SSSR count). The van der Waals surface area contributed by atoms with Crippen LogP contribution in [0.5, 0.6) is 0 Å². The second-order valence-corrected chi connectivity index (χ2v) is 7.52. The Labute approximate surface area is 155 Å². The van der Waals surface area contributed by atoms with Crippen molar-refractivity contribution in [3.63, 3.8) is 0 Å². The minimum absolute atomic E-state index is 0.224. The lowest BCUT2D eigenvalue weighted by atomic mass is 9.87. The van der Waals surface area contributed by atoms with Gasteiger partial charge in [0.2, 0.25) is 0 Å². The number of carbonyl (C=O) groups excluding carboxylic acids is 1. The first-order valence-corrected chi connectivity index (χ1v) is 9.37. The van der Waals surface area contributed by atoms with Crippen LogP contribution in [0.3, 0.4) is 0 Å². The number of fused-ring (bicyclic) bond motifs is 2. The van der Waals surface area contributed by atoms with Crippen LogP contribution in [-0.4, -0.2) is 29.8 Å². The third-order valence-electron chi connectivity index (χ3n) is 5.94. The summed E-state index contributed by atoms with van der Waals surface area (Å²) in [5.74, 6) is 0.224. The van der Waals surface area contributed by atoms with E-state index in [-0.39, 0.29) is 17.9 Å². The SMILES string of the molecule is Cc1ccccc1/C=C1/C(=O)/C(=C/c2ccccc2C)[C@H]2CC[C@H]1N2C. The number of nitrogens with zero attached hydrogens (tertiary/aromatic N) is 1. The van der Waals surface area contributed by atoms with E-state index < -0.39 is 0 Å². The van der Waals surface area contributed by atoms with E-state index in [1.165, 1.54) is 11.1 Å². The Kier molecular flexibility index (Phi) is 4.37. The zero-order valence-corrected chi connectivity index (χ0v) is 15.7. The smallest absolute Gasteiger partial charge is 0.188 e. The molecule has 0 saturated carbocycles. The van der Waals surface area contributed by atoms with Gasteiger partial charge < -0.3 is 0 Å². The van der Waals surface area contributed by atoms with Gasteiger partial charge in [0.05, 0.1) is 0 Å². The highest BCUT2D eigenvalue weighted by Gasteiger charge is 2.44. The van der Waals surface area contributed by atoms with Crippen molar-refractivity contribution in [2.75, 3.05) is 7.05 Å². The van der Waals surface area contributed by atoms with Gasteiger partial charge in [0, 0.05) is 23.2 Å². The number of hydrogen-bond donors (Lipinski definition) is 0. The number of aryl methyl sites for hydroxylation is 2. The molecule has 0 spiro atoms. The quantitative estimate of drug-likeness (QED) is 0.729. The van der Waals surface area contributed by atoms with Crippen molar-refractivity contribution in [1.82, 2.24) is 4.90 Å². The number of piperidine rings is 1. The molecule has 2 saturated heterocycles. The van der Waals surface area contributed by atoms with E-state index in [4.69, 9.17) is 0 Å². The van der Waals surface area contributed by atoms with E-state index in [2.05, 4.69) is 62.2 Å². The van der Waals surface area contributed by atoms with Crippen LogP contribution in [0.1, 0.15) is 35.1 Å². The van der Waals surface area contributed by atoms with Gasteiger partial charge in [-0.25, -0.2) is 0 Å². The summed E-state index contributed by atoms with van der Waals surface area (Å²) < 4.78 is 0. The Balaban J connectivity index is 1.81. The lowest BCUT2D eigenvalue weighted by molar-refractivity contribution is -0.114. The Hall–Kier alpha value is -2.45. The molecule has 2 aromatic rings. The molecular weight excluding hydrogens is 318 g/mol. The fourth-order valence-electron chi connectivity index (χ4n) is 4.32. The normalized spacial score (nSPS) is 26.0. The third kappa shape index (κ3) is 2.85. The first-order valence-electron chi connectivity index (χ1n) is 9.37. The first-order chi connectivity index (χ1) is 12.6. The van der Waals surface area contributed by atoms with E-state index in [9.17, 15) is 4.79 Å². The molecule has 2 aliphatic rings. The standard InChI is InChI=1S/C24H25NO/c1-16-8-4-6-10-18(16)14-20-22-12-13-23(25(22)3)21(24(20)26)15-19-11-7-5-9-17(19)2/h4-11,14-15,22-23H,12-13H2,1-3H3/b20-14+,21-15+/t22-,23-/m1/s1. The molecule has 2 aromatic carbocycles. The summed E-state index contributed by atoms with van der Waals surface area (Å²) in [6.07, 6.45) is 6.34. The number of rotatable bonds is 2. The number of Topliss-reactive ketones (excluding diaryl/α,β-unsaturated/α-hetero) is 1. The predicted molar refractivity (Wildman–Crippen MR) is 108 cm³/mol. The van der Waals surface area contributed by atoms with Crippen LogP contribution >= 0.6 is 0 Å². The number of likely N-dealkylation sites (N-methyl/N-ethyl adjacent to an activating group) is 1. The number of ketones is 1. The summed E-state index contributed by atoms with van der Waals surface area (Å²) in [7, 11) is 2.16. The van der Waals surface area contributed by atoms with Crippen molar-refractivity contribution in [1.29, 1.82) is 0 Å². The lowest BCUT2D eigenvalue weighted by Crippen LogP contribution is -2.43. The number of hydrogen-bond acceptors (Lipinski definition) is 2. The van der Waals surface area contributed by atoms with Crippen molar-refractivity contribution in [3.05, 3.63) is 81.9 Å². The highest BCUT2D eigenvalue weighted by atomic mass is 16.1. The molecular formula is C24H25NO. The van der Waals surface area contributed by atoms with Crippen molar-refractivity contribution in [2.45, 2.75) is 38.8 Å². The van der Waals surface area contributed by atoms with Gasteiger partial charge in [-0.3, -0.25) is 9.69 Å². The maximum absolute atomic E-state index is 13.4. The van der Waals surface area contributed by atoms with Crippen LogP contribution in [0, 0.1) is 13.8 Å². The van der Waals surface area contributed by atoms with Gasteiger partial charge in [-0.1, -0.05) is 48.5 Å². The van der Waals surface area contributed by atoms with Gasteiger partial charge in [-0.05, 0) is 68.1 Å². The minimum atomic E-state index is 0.224. The monoisotopic (exact) mass is 343 g/mol. The van der Waals surface area contributed by atoms with E-state index in [1.807, 2.05) is 24.3 Å². The molecule has 0 aromatic heterocycles. The van der Waals surface area contributed by atoms with Crippen LogP contribution in [0.2, 0.25) is 0 Å². The molecule has 2 heteroatoms. The Morgan fingerprint density at radius 3 is 1.65 bits per heavy atom. The summed E-state index contributed by atoms with van der Waals surface area (Å²) in [6, 6.07) is 17.0. The fraction of sp³-hybridized carbons (Fsp3) is 0.292. The third-order valence-corrected chi connectivity index (χ3v) is 5.94. The molecule has 2 aliphatic heterocycles. The van der Waals surface area contributed by atoms with E-state index >= 15 is 0 Å². The minimum Gasteiger partial charge on any atom is -0.292 e. The van der Waals surface area contributed by atoms with Gasteiger partial charge in [-0.2, -0.15) is 0 Å². The Morgan fingerprint density at radius 1 is 0.808 bits per heavy atom. The summed E-state index contributed by atoms with van der Waals surface area (Å²) in [5.41, 5.74) is 6.58. The van der Waals surface area contributed by atoms with Crippen LogP contribution in [0.25, 0.3) is 12.2 Å². The lowest BCUT2D eigenvalue weighted by Gasteiger charge is -2.34. The average Bonchev–Trinajstić information content (AvgIpc) is 2.94. The van der Waals surface area contributed by atoms with E-state index in [0.717, 1.165) is 35.1 Å². The van der Waals surface area contributed by atoms with Crippen LogP contribution in [-0.2, 0) is 4.79 Å². The highest BCUT2D eigenvalue weighted by Crippen LogP contribution is 2.40. The zero-order valence-electron chi connectivity index (χ0n) is 15.7. The van der Waals surface area contributed by atoms with Gasteiger partial charge in [-0.15, -0.1) is 0 Å². The maximum Gasteiger partial charge on any atom is 0.188 e.